The molecular weight excluding hydrogens is 1530 g/mol. The Morgan fingerprint density at radius 1 is 0.442 bits per heavy atom. The third-order valence-electron chi connectivity index (χ3n) is 12.8. The van der Waals surface area contributed by atoms with E-state index in [2.05, 4.69) is 245 Å². The van der Waals surface area contributed by atoms with Gasteiger partial charge in [0.25, 0.3) is 0 Å². The number of hydrogen-bond acceptors (Lipinski definition) is 0. The van der Waals surface area contributed by atoms with Gasteiger partial charge >= 0.3 is 132 Å². The Hall–Kier alpha value is -1.55. The molecule has 10 aromatic rings. The molecule has 2 saturated carbocycles. The number of fused-ring (bicyclic) bond motifs is 8. The van der Waals surface area contributed by atoms with E-state index >= 15 is 0 Å². The minimum atomic E-state index is 0. The van der Waals surface area contributed by atoms with Crippen LogP contribution in [0.15, 0.2) is 278 Å². The van der Waals surface area contributed by atoms with Crippen LogP contribution in [0.3, 0.4) is 0 Å². The first-order chi connectivity index (χ1) is 37.2. The van der Waals surface area contributed by atoms with Crippen molar-refractivity contribution in [3.05, 3.63) is 308 Å². The molecule has 5 aliphatic rings. The monoisotopic (exact) mass is 1600 g/mol. The van der Waals surface area contributed by atoms with E-state index in [9.17, 15) is 0 Å². The molecule has 0 saturated heterocycles. The summed E-state index contributed by atoms with van der Waals surface area (Å²) >= 11 is 3.48. The first-order valence-electron chi connectivity index (χ1n) is 26.9. The zero-order valence-electron chi connectivity index (χ0n) is 49.3. The molecule has 0 N–H and O–H groups in total. The van der Waals surface area contributed by atoms with Gasteiger partial charge in [0.1, 0.15) is 0 Å². The Morgan fingerprint density at radius 2 is 0.791 bits per heavy atom. The molecule has 446 valence electrons. The van der Waals surface area contributed by atoms with Gasteiger partial charge in [0, 0.05) is 0 Å². The molecule has 2 fully saturated rings. The van der Waals surface area contributed by atoms with Gasteiger partial charge in [-0.15, -0.1) is 181 Å². The normalized spacial score (nSPS) is 13.2. The van der Waals surface area contributed by atoms with Gasteiger partial charge in [-0.1, -0.05) is 66.4 Å². The summed E-state index contributed by atoms with van der Waals surface area (Å²) in [4.78, 5) is 0. The Kier molecular flexibility index (Phi) is 60.9. The molecule has 0 radical (unpaired) electrons. The van der Waals surface area contributed by atoms with Crippen molar-refractivity contribution in [3.63, 3.8) is 0 Å². The van der Waals surface area contributed by atoms with E-state index in [0.29, 0.717) is 0 Å². The SMILES string of the molecule is C1=CCC2CC[CH-]C2=C1.C1=CCC2CC[CH-]C2=C1.C[Si](C)=[Zr+2].C[Si](C)=[Zr+2].Cl.Cl.Cl.Cl.[Cl-].[Cl-].[Cl-].[Cl-].[Ti+4].[Zr+4].[c-]1cccc2c1Cc1ccccc1-2.c1cc[cH-]c1.c1cc[cH-]c1.c1ccc2[cH-]ccc2c1.c1ccc2[cH-]ccc2c1.c1ccc2[cH-]ccc2c1. The van der Waals surface area contributed by atoms with Crippen LogP contribution in [0.4, 0.5) is 0 Å². The molecule has 14 heteroatoms. The standard InChI is InChI=1S/C13H9.2C9H11.3C9H7.2C5H5.2C2H6Si.8ClH.Ti.3Zr/c1-3-7-12-10(5-1)9-11-6-2-4-8-13(11)12;5*1-2-5-9-7-3-6-8(9)4-1;2*1-2-4-5-3-1;2*1-3-2;;;;;;;;;;;;/h1-5,7-8H,9H2;2*1-2,4,6,9H,3,5,7H2;3*1-7H;2*1-5H;2*1-2H3;8*1H;;;;/q8*-1;;;;;;;;;;;+4;2*+2;+4/p-4. The second kappa shape index (κ2) is 56.2. The molecule has 0 aromatic heterocycles. The Balaban J connectivity index is -0.000000284. The van der Waals surface area contributed by atoms with Gasteiger partial charge < -0.3 is 49.6 Å². The average Bonchev–Trinajstić information content (AvgIpc) is 4.50. The van der Waals surface area contributed by atoms with Crippen molar-refractivity contribution >= 4 is 92.8 Å². The third kappa shape index (κ3) is 35.9. The maximum absolute atomic E-state index is 3.30. The molecule has 0 heterocycles. The second-order valence-electron chi connectivity index (χ2n) is 19.4. The molecule has 0 nitrogen and oxygen atoms in total. The van der Waals surface area contributed by atoms with Crippen molar-refractivity contribution in [1.82, 2.24) is 0 Å². The molecule has 0 spiro atoms. The fourth-order valence-electron chi connectivity index (χ4n) is 9.18. The fourth-order valence-corrected chi connectivity index (χ4v) is 9.18. The molecular formula is C72H78Cl8Si2TiZr3. The van der Waals surface area contributed by atoms with E-state index in [4.69, 9.17) is 0 Å². The van der Waals surface area contributed by atoms with Gasteiger partial charge in [-0.2, -0.15) is 119 Å². The number of hydrogen-bond donors (Lipinski definition) is 0. The number of rotatable bonds is 0. The molecule has 86 heavy (non-hydrogen) atoms. The molecule has 2 atom stereocenters. The summed E-state index contributed by atoms with van der Waals surface area (Å²) in [6.45, 7) is 9.23. The van der Waals surface area contributed by atoms with Crippen LogP contribution in [-0.4, -0.2) is 10.9 Å². The molecule has 0 bridgehead atoms. The van der Waals surface area contributed by atoms with Crippen LogP contribution in [-0.2, 0) is 101 Å². The van der Waals surface area contributed by atoms with E-state index < -0.39 is 0 Å². The predicted molar refractivity (Wildman–Crippen MR) is 358 cm³/mol. The van der Waals surface area contributed by atoms with Crippen LogP contribution in [0.1, 0.15) is 49.7 Å². The van der Waals surface area contributed by atoms with Crippen LogP contribution >= 0.6 is 49.6 Å². The zero-order valence-corrected chi connectivity index (χ0v) is 66.5. The molecule has 0 aliphatic heterocycles. The number of benzene rings is 5. The van der Waals surface area contributed by atoms with Crippen LogP contribution in [0, 0.1) is 30.7 Å². The Bertz CT molecular complexity index is 2930. The third-order valence-corrected chi connectivity index (χ3v) is 12.8. The van der Waals surface area contributed by atoms with Crippen LogP contribution in [0.25, 0.3) is 43.4 Å². The maximum Gasteiger partial charge on any atom is 4.00 e. The van der Waals surface area contributed by atoms with E-state index in [-0.39, 0.29) is 158 Å². The second-order valence-corrected chi connectivity index (χ2v) is 38.2. The average molecular weight is 1600 g/mol. The van der Waals surface area contributed by atoms with Crippen molar-refractivity contribution in [2.75, 3.05) is 0 Å². The van der Waals surface area contributed by atoms with Gasteiger partial charge in [-0.05, 0) is 31.1 Å². The zero-order chi connectivity index (χ0) is 53.4. The summed E-state index contributed by atoms with van der Waals surface area (Å²) in [6.07, 6.45) is 27.1. The molecule has 15 rings (SSSR count). The largest absolute Gasteiger partial charge is 4.00 e. The van der Waals surface area contributed by atoms with Crippen molar-refractivity contribution in [2.45, 2.75) is 71.1 Å². The van der Waals surface area contributed by atoms with Crippen molar-refractivity contribution in [3.8, 4) is 11.1 Å². The van der Waals surface area contributed by atoms with Crippen molar-refractivity contribution in [1.29, 1.82) is 0 Å². The molecule has 0 amide bonds. The molecule has 5 aliphatic carbocycles. The van der Waals surface area contributed by atoms with Crippen molar-refractivity contribution in [2.24, 2.45) is 11.8 Å². The molecule has 10 aromatic carbocycles. The van der Waals surface area contributed by atoms with Gasteiger partial charge in [0.2, 0.25) is 0 Å². The summed E-state index contributed by atoms with van der Waals surface area (Å²) in [5, 5.41) is 7.99. The first kappa shape index (κ1) is 93.2. The van der Waals surface area contributed by atoms with E-state index in [1.54, 1.807) is 57.8 Å². The predicted octanol–water partition coefficient (Wildman–Crippen LogP) is 9.79. The van der Waals surface area contributed by atoms with Gasteiger partial charge in [0.15, 0.2) is 0 Å². The van der Waals surface area contributed by atoms with Gasteiger partial charge in [-0.3, -0.25) is 0 Å². The number of allylic oxidation sites excluding steroid dienone is 8. The van der Waals surface area contributed by atoms with Crippen LogP contribution < -0.4 is 49.6 Å². The summed E-state index contributed by atoms with van der Waals surface area (Å²) in [5.41, 5.74) is 9.09. The topological polar surface area (TPSA) is 0 Å². The summed E-state index contributed by atoms with van der Waals surface area (Å²) in [7, 11) is 0. The summed E-state index contributed by atoms with van der Waals surface area (Å²) in [5.74, 6) is 1.77. The Morgan fingerprint density at radius 3 is 1.14 bits per heavy atom. The quantitative estimate of drug-likeness (QED) is 0.105. The minimum absolute atomic E-state index is 0. The summed E-state index contributed by atoms with van der Waals surface area (Å²) < 4.78 is 0. The van der Waals surface area contributed by atoms with E-state index in [0.717, 1.165) is 18.3 Å². The minimum Gasteiger partial charge on any atom is -1.00 e. The maximum atomic E-state index is 3.30. The first-order valence-corrected chi connectivity index (χ1v) is 39.3. The van der Waals surface area contributed by atoms with Gasteiger partial charge in [0.05, 0.1) is 0 Å². The Labute approximate surface area is 631 Å². The smallest absolute Gasteiger partial charge is 1.00 e. The van der Waals surface area contributed by atoms with Crippen molar-refractivity contribution < 1.29 is 144 Å². The van der Waals surface area contributed by atoms with Crippen LogP contribution in [0.5, 0.6) is 0 Å². The summed E-state index contributed by atoms with van der Waals surface area (Å²) in [6, 6.07) is 82.1. The molecule has 2 unspecified atom stereocenters. The van der Waals surface area contributed by atoms with Gasteiger partial charge in [-0.25, -0.2) is 60.4 Å². The van der Waals surface area contributed by atoms with Crippen LogP contribution in [0.2, 0.25) is 26.2 Å². The fraction of sp³-hybridized carbons (Fsp3) is 0.181. The number of halogens is 8. The van der Waals surface area contributed by atoms with E-state index in [1.807, 2.05) is 66.7 Å². The van der Waals surface area contributed by atoms with E-state index in [1.165, 1.54) is 93.1 Å².